The fourth-order valence-corrected chi connectivity index (χ4v) is 2.40. The summed E-state index contributed by atoms with van der Waals surface area (Å²) >= 11 is 0. The van der Waals surface area contributed by atoms with Crippen molar-refractivity contribution in [1.29, 1.82) is 0 Å². The van der Waals surface area contributed by atoms with Gasteiger partial charge in [-0.05, 0) is 36.4 Å². The lowest BCUT2D eigenvalue weighted by Crippen LogP contribution is -2.02. The van der Waals surface area contributed by atoms with Crippen LogP contribution in [0.1, 0.15) is 5.69 Å². The van der Waals surface area contributed by atoms with E-state index >= 15 is 0 Å². The van der Waals surface area contributed by atoms with Crippen molar-refractivity contribution in [1.82, 2.24) is 20.1 Å². The number of halogens is 1. The maximum Gasteiger partial charge on any atom is 0.259 e. The van der Waals surface area contributed by atoms with Gasteiger partial charge in [-0.2, -0.15) is 4.98 Å². The number of anilines is 1. The zero-order valence-corrected chi connectivity index (χ0v) is 13.6. The normalized spacial score (nSPS) is 10.7. The quantitative estimate of drug-likeness (QED) is 0.589. The summed E-state index contributed by atoms with van der Waals surface area (Å²) in [4.78, 5) is 12.8. The van der Waals surface area contributed by atoms with Crippen molar-refractivity contribution in [3.63, 3.8) is 0 Å². The summed E-state index contributed by atoms with van der Waals surface area (Å²) in [5.41, 5.74) is 1.87. The Hall–Kier alpha value is -3.61. The molecule has 3 aromatic heterocycles. The number of nitrogens with zero attached hydrogens (tertiary/aromatic N) is 4. The van der Waals surface area contributed by atoms with E-state index in [1.165, 1.54) is 6.07 Å². The number of aromatic nitrogens is 4. The van der Waals surface area contributed by atoms with Crippen LogP contribution in [0.5, 0.6) is 0 Å². The Labute approximate surface area is 148 Å². The fraction of sp³-hybridized carbons (Fsp3) is 0.0526. The van der Waals surface area contributed by atoms with Crippen molar-refractivity contribution in [2.24, 2.45) is 0 Å². The third-order valence-electron chi connectivity index (χ3n) is 3.73. The van der Waals surface area contributed by atoms with E-state index in [4.69, 9.17) is 4.52 Å². The molecule has 4 aromatic rings. The lowest BCUT2D eigenvalue weighted by atomic mass is 10.2. The van der Waals surface area contributed by atoms with E-state index in [2.05, 4.69) is 25.4 Å². The lowest BCUT2D eigenvalue weighted by Gasteiger charge is -2.04. The van der Waals surface area contributed by atoms with Gasteiger partial charge in [-0.15, -0.1) is 0 Å². The van der Waals surface area contributed by atoms with E-state index in [-0.39, 0.29) is 11.7 Å². The molecule has 0 saturated heterocycles. The summed E-state index contributed by atoms with van der Waals surface area (Å²) in [5, 5.41) is 7.03. The maximum atomic E-state index is 13.8. The maximum absolute atomic E-state index is 13.8. The topological polar surface area (TPSA) is 76.7 Å². The average molecular weight is 347 g/mol. The monoisotopic (exact) mass is 347 g/mol. The second kappa shape index (κ2) is 7.10. The molecule has 0 bridgehead atoms. The first-order valence-corrected chi connectivity index (χ1v) is 7.98. The minimum Gasteiger partial charge on any atom is -0.364 e. The van der Waals surface area contributed by atoms with Gasteiger partial charge in [-0.3, -0.25) is 4.98 Å². The van der Waals surface area contributed by atoms with Gasteiger partial charge >= 0.3 is 0 Å². The zero-order valence-electron chi connectivity index (χ0n) is 13.6. The largest absolute Gasteiger partial charge is 0.364 e. The molecule has 0 aliphatic rings. The molecule has 0 aliphatic carbocycles. The standard InChI is InChI=1S/C19H14FN5O/c20-16-7-2-1-6-15(16)18-24-19(26-25-18)13-8-9-17(22-11-13)23-12-14-5-3-4-10-21-14/h1-11H,12H2,(H,22,23). The Morgan fingerprint density at radius 1 is 0.962 bits per heavy atom. The van der Waals surface area contributed by atoms with Crippen LogP contribution in [0, 0.1) is 5.82 Å². The van der Waals surface area contributed by atoms with Crippen LogP contribution in [0.2, 0.25) is 0 Å². The van der Waals surface area contributed by atoms with Crippen LogP contribution in [0.3, 0.4) is 0 Å². The van der Waals surface area contributed by atoms with Gasteiger partial charge in [0.15, 0.2) is 0 Å². The van der Waals surface area contributed by atoms with E-state index in [0.29, 0.717) is 23.5 Å². The first kappa shape index (κ1) is 15.9. The first-order chi connectivity index (χ1) is 12.8. The van der Waals surface area contributed by atoms with Crippen molar-refractivity contribution in [2.45, 2.75) is 6.54 Å². The van der Waals surface area contributed by atoms with E-state index in [9.17, 15) is 4.39 Å². The molecule has 0 atom stereocenters. The van der Waals surface area contributed by atoms with Crippen molar-refractivity contribution < 1.29 is 8.91 Å². The molecular weight excluding hydrogens is 333 g/mol. The molecule has 7 heteroatoms. The number of pyridine rings is 2. The van der Waals surface area contributed by atoms with Crippen molar-refractivity contribution in [3.8, 4) is 22.8 Å². The van der Waals surface area contributed by atoms with Gasteiger partial charge in [-0.25, -0.2) is 9.37 Å². The predicted molar refractivity (Wildman–Crippen MR) is 94.5 cm³/mol. The Bertz CT molecular complexity index is 1000. The molecule has 6 nitrogen and oxygen atoms in total. The van der Waals surface area contributed by atoms with Gasteiger partial charge in [0.1, 0.15) is 11.6 Å². The lowest BCUT2D eigenvalue weighted by molar-refractivity contribution is 0.431. The van der Waals surface area contributed by atoms with Crippen LogP contribution in [0.25, 0.3) is 22.8 Å². The van der Waals surface area contributed by atoms with E-state index in [1.807, 2.05) is 30.3 Å². The van der Waals surface area contributed by atoms with Crippen LogP contribution in [-0.2, 0) is 6.54 Å². The van der Waals surface area contributed by atoms with Crippen molar-refractivity contribution >= 4 is 5.82 Å². The molecule has 0 saturated carbocycles. The second-order valence-electron chi connectivity index (χ2n) is 5.51. The highest BCUT2D eigenvalue weighted by molar-refractivity contribution is 5.60. The Balaban J connectivity index is 1.48. The van der Waals surface area contributed by atoms with Crippen LogP contribution >= 0.6 is 0 Å². The molecule has 26 heavy (non-hydrogen) atoms. The summed E-state index contributed by atoms with van der Waals surface area (Å²) in [7, 11) is 0. The number of nitrogens with one attached hydrogen (secondary N) is 1. The van der Waals surface area contributed by atoms with Gasteiger partial charge in [-0.1, -0.05) is 23.4 Å². The van der Waals surface area contributed by atoms with Crippen molar-refractivity contribution in [2.75, 3.05) is 5.32 Å². The van der Waals surface area contributed by atoms with Gasteiger partial charge in [0, 0.05) is 12.4 Å². The molecule has 4 rings (SSSR count). The molecular formula is C19H14FN5O. The third-order valence-corrected chi connectivity index (χ3v) is 3.73. The summed E-state index contributed by atoms with van der Waals surface area (Å²) in [5.74, 6) is 0.794. The summed E-state index contributed by atoms with van der Waals surface area (Å²) in [6.45, 7) is 0.575. The van der Waals surface area contributed by atoms with Crippen LogP contribution in [0.15, 0.2) is 71.5 Å². The molecule has 128 valence electrons. The Morgan fingerprint density at radius 3 is 2.62 bits per heavy atom. The van der Waals surface area contributed by atoms with Gasteiger partial charge in [0.05, 0.1) is 23.4 Å². The first-order valence-electron chi connectivity index (χ1n) is 7.98. The summed E-state index contributed by atoms with van der Waals surface area (Å²) in [6.07, 6.45) is 3.37. The van der Waals surface area contributed by atoms with Crippen LogP contribution < -0.4 is 5.32 Å². The molecule has 0 amide bonds. The minimum atomic E-state index is -0.396. The number of benzene rings is 1. The SMILES string of the molecule is Fc1ccccc1-c1noc(-c2ccc(NCc3ccccn3)nc2)n1. The highest BCUT2D eigenvalue weighted by atomic mass is 19.1. The molecule has 0 unspecified atom stereocenters. The van der Waals surface area contributed by atoms with E-state index < -0.39 is 5.82 Å². The molecule has 0 aliphatic heterocycles. The minimum absolute atomic E-state index is 0.204. The van der Waals surface area contributed by atoms with E-state index in [0.717, 1.165) is 5.69 Å². The number of rotatable bonds is 5. The summed E-state index contributed by atoms with van der Waals surface area (Å²) < 4.78 is 19.0. The molecule has 0 spiro atoms. The van der Waals surface area contributed by atoms with Crippen LogP contribution in [0.4, 0.5) is 10.2 Å². The highest BCUT2D eigenvalue weighted by Gasteiger charge is 2.13. The molecule has 0 radical (unpaired) electrons. The summed E-state index contributed by atoms with van der Waals surface area (Å²) in [6, 6.07) is 15.7. The van der Waals surface area contributed by atoms with Gasteiger partial charge < -0.3 is 9.84 Å². The van der Waals surface area contributed by atoms with Crippen LogP contribution in [-0.4, -0.2) is 20.1 Å². The molecule has 0 fully saturated rings. The predicted octanol–water partition coefficient (Wildman–Crippen LogP) is 3.94. The molecule has 1 N–H and O–H groups in total. The Morgan fingerprint density at radius 2 is 1.85 bits per heavy atom. The smallest absolute Gasteiger partial charge is 0.259 e. The van der Waals surface area contributed by atoms with Gasteiger partial charge in [0.2, 0.25) is 5.82 Å². The number of hydrogen-bond acceptors (Lipinski definition) is 6. The molecule has 3 heterocycles. The van der Waals surface area contributed by atoms with Crippen molar-refractivity contribution in [3.05, 3.63) is 78.5 Å². The van der Waals surface area contributed by atoms with E-state index in [1.54, 1.807) is 30.6 Å². The highest BCUT2D eigenvalue weighted by Crippen LogP contribution is 2.24. The zero-order chi connectivity index (χ0) is 17.8. The average Bonchev–Trinajstić information content (AvgIpc) is 3.18. The molecule has 1 aromatic carbocycles. The Kier molecular flexibility index (Phi) is 4.34. The fourth-order valence-electron chi connectivity index (χ4n) is 2.40. The third kappa shape index (κ3) is 3.41. The van der Waals surface area contributed by atoms with Gasteiger partial charge in [0.25, 0.3) is 5.89 Å². The second-order valence-corrected chi connectivity index (χ2v) is 5.51. The number of hydrogen-bond donors (Lipinski definition) is 1.